The van der Waals surface area contributed by atoms with E-state index in [4.69, 9.17) is 9.47 Å². The fourth-order valence-corrected chi connectivity index (χ4v) is 4.72. The minimum Gasteiger partial charge on any atom is -0.479 e. The second-order valence-electron chi connectivity index (χ2n) is 8.87. The lowest BCUT2D eigenvalue weighted by Crippen LogP contribution is -2.54. The normalized spacial score (nSPS) is 20.6. The van der Waals surface area contributed by atoms with Crippen LogP contribution in [0, 0.1) is 5.92 Å². The van der Waals surface area contributed by atoms with Crippen molar-refractivity contribution in [1.29, 1.82) is 0 Å². The minimum absolute atomic E-state index is 0.0824. The zero-order chi connectivity index (χ0) is 24.2. The lowest BCUT2D eigenvalue weighted by atomic mass is 9.97. The van der Waals surface area contributed by atoms with Crippen molar-refractivity contribution >= 4 is 18.0 Å². The van der Waals surface area contributed by atoms with E-state index in [2.05, 4.69) is 22.8 Å². The lowest BCUT2D eigenvalue weighted by Gasteiger charge is -2.26. The van der Waals surface area contributed by atoms with Crippen LogP contribution in [-0.4, -0.2) is 54.5 Å². The van der Waals surface area contributed by atoms with Gasteiger partial charge in [0, 0.05) is 12.5 Å². The molecule has 0 unspecified atom stereocenters. The Kier molecular flexibility index (Phi) is 7.17. The molecular weight excluding hydrogens is 436 g/mol. The van der Waals surface area contributed by atoms with E-state index in [9.17, 15) is 19.5 Å². The summed E-state index contributed by atoms with van der Waals surface area (Å²) in [5.74, 6) is -1.82. The maximum Gasteiger partial charge on any atom is 0.407 e. The Hall–Kier alpha value is -3.39. The zero-order valence-electron chi connectivity index (χ0n) is 19.3. The predicted molar refractivity (Wildman–Crippen MR) is 125 cm³/mol. The SMILES string of the molecule is CC[C@H](C)[C@H](NC(=O)OCC1c2ccccc2-c2ccccc21)C(=O)N[C@H]1CCO[C@H]1C(=O)O. The first-order valence-electron chi connectivity index (χ1n) is 11.7. The Balaban J connectivity index is 1.41. The number of amides is 2. The molecule has 2 aromatic carbocycles. The molecule has 34 heavy (non-hydrogen) atoms. The largest absolute Gasteiger partial charge is 0.479 e. The van der Waals surface area contributed by atoms with Crippen LogP contribution in [0.25, 0.3) is 11.1 Å². The van der Waals surface area contributed by atoms with Gasteiger partial charge in [-0.25, -0.2) is 9.59 Å². The maximum absolute atomic E-state index is 13.0. The monoisotopic (exact) mass is 466 g/mol. The molecule has 1 aliphatic carbocycles. The van der Waals surface area contributed by atoms with E-state index in [0.717, 1.165) is 22.3 Å². The topological polar surface area (TPSA) is 114 Å². The van der Waals surface area contributed by atoms with Crippen LogP contribution in [0.1, 0.15) is 43.7 Å². The van der Waals surface area contributed by atoms with E-state index in [1.807, 2.05) is 50.2 Å². The molecule has 0 bridgehead atoms. The highest BCUT2D eigenvalue weighted by molar-refractivity contribution is 5.87. The number of carbonyl (C=O) groups excluding carboxylic acids is 2. The van der Waals surface area contributed by atoms with Crippen molar-refractivity contribution in [2.75, 3.05) is 13.2 Å². The summed E-state index contributed by atoms with van der Waals surface area (Å²) in [7, 11) is 0. The number of ether oxygens (including phenoxy) is 2. The Morgan fingerprint density at radius 3 is 2.29 bits per heavy atom. The van der Waals surface area contributed by atoms with Crippen molar-refractivity contribution in [3.8, 4) is 11.1 Å². The highest BCUT2D eigenvalue weighted by Gasteiger charge is 2.38. The molecule has 0 saturated carbocycles. The van der Waals surface area contributed by atoms with E-state index >= 15 is 0 Å². The zero-order valence-corrected chi connectivity index (χ0v) is 19.3. The number of carbonyl (C=O) groups is 3. The van der Waals surface area contributed by atoms with Gasteiger partial charge in [-0.15, -0.1) is 0 Å². The van der Waals surface area contributed by atoms with Crippen LogP contribution in [0.2, 0.25) is 0 Å². The van der Waals surface area contributed by atoms with E-state index in [-0.39, 0.29) is 25.0 Å². The molecule has 8 heteroatoms. The first kappa shape index (κ1) is 23.8. The fourth-order valence-electron chi connectivity index (χ4n) is 4.72. The molecule has 1 fully saturated rings. The summed E-state index contributed by atoms with van der Waals surface area (Å²) in [4.78, 5) is 37.0. The molecule has 0 aromatic heterocycles. The predicted octanol–water partition coefficient (Wildman–Crippen LogP) is 3.30. The van der Waals surface area contributed by atoms with E-state index in [0.29, 0.717) is 12.8 Å². The van der Waals surface area contributed by atoms with Gasteiger partial charge in [0.25, 0.3) is 0 Å². The van der Waals surface area contributed by atoms with Crippen LogP contribution < -0.4 is 10.6 Å². The number of carboxylic acids is 1. The highest BCUT2D eigenvalue weighted by Crippen LogP contribution is 2.44. The van der Waals surface area contributed by atoms with Gasteiger partial charge in [-0.2, -0.15) is 0 Å². The van der Waals surface area contributed by atoms with Crippen molar-refractivity contribution in [3.63, 3.8) is 0 Å². The van der Waals surface area contributed by atoms with Gasteiger partial charge in [-0.3, -0.25) is 4.79 Å². The quantitative estimate of drug-likeness (QED) is 0.550. The van der Waals surface area contributed by atoms with Gasteiger partial charge < -0.3 is 25.2 Å². The third-order valence-corrected chi connectivity index (χ3v) is 6.78. The van der Waals surface area contributed by atoms with Crippen LogP contribution in [0.5, 0.6) is 0 Å². The smallest absolute Gasteiger partial charge is 0.407 e. The van der Waals surface area contributed by atoms with Crippen molar-refractivity contribution in [1.82, 2.24) is 10.6 Å². The Bertz CT molecular complexity index is 1030. The van der Waals surface area contributed by atoms with Gasteiger partial charge in [-0.05, 0) is 34.6 Å². The van der Waals surface area contributed by atoms with Gasteiger partial charge in [0.2, 0.25) is 5.91 Å². The molecule has 2 aromatic rings. The molecule has 1 heterocycles. The molecule has 2 amide bonds. The number of nitrogens with one attached hydrogen (secondary N) is 2. The van der Waals surface area contributed by atoms with E-state index in [1.54, 1.807) is 0 Å². The van der Waals surface area contributed by atoms with Gasteiger partial charge in [0.1, 0.15) is 12.6 Å². The summed E-state index contributed by atoms with van der Waals surface area (Å²) >= 11 is 0. The maximum atomic E-state index is 13.0. The Labute approximate surface area is 198 Å². The highest BCUT2D eigenvalue weighted by atomic mass is 16.5. The summed E-state index contributed by atoms with van der Waals surface area (Å²) in [5.41, 5.74) is 4.48. The van der Waals surface area contributed by atoms with Crippen LogP contribution in [0.4, 0.5) is 4.79 Å². The standard InChI is InChI=1S/C26H30N2O6/c1-3-15(2)22(24(29)27-21-12-13-33-23(21)25(30)31)28-26(32)34-14-20-18-10-6-4-8-16(18)17-9-5-7-11-19(17)20/h4-11,15,20-23H,3,12-14H2,1-2H3,(H,27,29)(H,28,32)(H,30,31)/t15-,21-,22-,23+/m0/s1. The first-order valence-corrected chi connectivity index (χ1v) is 11.7. The van der Waals surface area contributed by atoms with Crippen molar-refractivity contribution < 1.29 is 29.0 Å². The second-order valence-corrected chi connectivity index (χ2v) is 8.87. The van der Waals surface area contributed by atoms with E-state index in [1.165, 1.54) is 0 Å². The summed E-state index contributed by atoms with van der Waals surface area (Å²) in [6.45, 7) is 4.18. The molecule has 4 rings (SSSR count). The molecule has 8 nitrogen and oxygen atoms in total. The average Bonchev–Trinajstić information content (AvgIpc) is 3.43. The average molecular weight is 467 g/mol. The Morgan fingerprint density at radius 1 is 1.09 bits per heavy atom. The number of benzene rings is 2. The number of hydrogen-bond acceptors (Lipinski definition) is 5. The van der Waals surface area contributed by atoms with Crippen LogP contribution >= 0.6 is 0 Å². The lowest BCUT2D eigenvalue weighted by molar-refractivity contribution is -0.148. The van der Waals surface area contributed by atoms with Gasteiger partial charge >= 0.3 is 12.1 Å². The third-order valence-electron chi connectivity index (χ3n) is 6.78. The molecule has 1 aliphatic heterocycles. The van der Waals surface area contributed by atoms with Crippen LogP contribution in [0.3, 0.4) is 0 Å². The fraction of sp³-hybridized carbons (Fsp3) is 0.423. The number of carboxylic acid groups (broad SMARTS) is 1. The molecule has 3 N–H and O–H groups in total. The van der Waals surface area contributed by atoms with E-state index < -0.39 is 36.2 Å². The molecule has 0 spiro atoms. The Morgan fingerprint density at radius 2 is 1.71 bits per heavy atom. The van der Waals surface area contributed by atoms with Gasteiger partial charge in [0.05, 0.1) is 6.04 Å². The summed E-state index contributed by atoms with van der Waals surface area (Å²) in [6.07, 6.45) is -0.720. The molecule has 0 radical (unpaired) electrons. The number of fused-ring (bicyclic) bond motifs is 3. The third kappa shape index (κ3) is 4.77. The molecule has 180 valence electrons. The molecule has 2 aliphatic rings. The number of hydrogen-bond donors (Lipinski definition) is 3. The first-order chi connectivity index (χ1) is 16.4. The molecule has 1 saturated heterocycles. The van der Waals surface area contributed by atoms with Crippen LogP contribution in [-0.2, 0) is 19.1 Å². The van der Waals surface area contributed by atoms with Gasteiger partial charge in [0.15, 0.2) is 6.10 Å². The van der Waals surface area contributed by atoms with Crippen molar-refractivity contribution in [3.05, 3.63) is 59.7 Å². The summed E-state index contributed by atoms with van der Waals surface area (Å²) in [5, 5.41) is 14.7. The van der Waals surface area contributed by atoms with Crippen molar-refractivity contribution in [2.24, 2.45) is 5.92 Å². The van der Waals surface area contributed by atoms with Crippen LogP contribution in [0.15, 0.2) is 48.5 Å². The number of aliphatic carboxylic acids is 1. The summed E-state index contributed by atoms with van der Waals surface area (Å²) in [6, 6.07) is 14.6. The minimum atomic E-state index is -1.12. The molecule has 4 atom stereocenters. The molecular formula is C26H30N2O6. The number of alkyl carbamates (subject to hydrolysis) is 1. The second kappa shape index (κ2) is 10.3. The number of rotatable bonds is 8. The summed E-state index contributed by atoms with van der Waals surface area (Å²) < 4.78 is 10.8. The van der Waals surface area contributed by atoms with Gasteiger partial charge in [-0.1, -0.05) is 68.8 Å². The van der Waals surface area contributed by atoms with Crippen molar-refractivity contribution in [2.45, 2.75) is 50.8 Å².